The second kappa shape index (κ2) is 9.65. The van der Waals surface area contributed by atoms with Crippen LogP contribution in [0.4, 0.5) is 4.79 Å². The number of fused-ring (bicyclic) bond motifs is 3. The molecule has 3 atom stereocenters. The number of alkyl carbamates (subject to hydrolysis) is 1. The molecule has 2 aromatic carbocycles. The summed E-state index contributed by atoms with van der Waals surface area (Å²) in [6, 6.07) is 14.5. The fourth-order valence-corrected chi connectivity index (χ4v) is 5.10. The molecular weight excluding hydrogens is 420 g/mol. The van der Waals surface area contributed by atoms with E-state index < -0.39 is 24.1 Å². The molecule has 2 N–H and O–H groups in total. The van der Waals surface area contributed by atoms with Crippen LogP contribution in [0.15, 0.2) is 48.5 Å². The van der Waals surface area contributed by atoms with Crippen molar-refractivity contribution < 1.29 is 24.2 Å². The monoisotopic (exact) mass is 450 g/mol. The third-order valence-corrected chi connectivity index (χ3v) is 6.75. The molecule has 0 radical (unpaired) electrons. The quantitative estimate of drug-likeness (QED) is 0.664. The Balaban J connectivity index is 1.43. The van der Waals surface area contributed by atoms with Crippen LogP contribution in [0.1, 0.15) is 50.2 Å². The van der Waals surface area contributed by atoms with E-state index in [-0.39, 0.29) is 24.3 Å². The lowest BCUT2D eigenvalue weighted by Crippen LogP contribution is -2.52. The van der Waals surface area contributed by atoms with Crippen LogP contribution in [0, 0.1) is 5.92 Å². The van der Waals surface area contributed by atoms with E-state index in [4.69, 9.17) is 4.74 Å². The molecule has 174 valence electrons. The fourth-order valence-electron chi connectivity index (χ4n) is 5.10. The number of benzene rings is 2. The van der Waals surface area contributed by atoms with Gasteiger partial charge < -0.3 is 20.1 Å². The average Bonchev–Trinajstić information content (AvgIpc) is 3.35. The number of amides is 2. The Morgan fingerprint density at radius 1 is 1.09 bits per heavy atom. The first-order valence-electron chi connectivity index (χ1n) is 11.6. The molecule has 1 saturated heterocycles. The Kier molecular flexibility index (Phi) is 6.67. The van der Waals surface area contributed by atoms with Crippen molar-refractivity contribution >= 4 is 18.0 Å². The number of ether oxygens (including phenoxy) is 1. The van der Waals surface area contributed by atoms with E-state index in [1.807, 2.05) is 50.2 Å². The summed E-state index contributed by atoms with van der Waals surface area (Å²) in [7, 11) is 0. The number of likely N-dealkylation sites (tertiary alicyclic amines) is 1. The third-order valence-electron chi connectivity index (χ3n) is 6.75. The molecule has 4 rings (SSSR count). The summed E-state index contributed by atoms with van der Waals surface area (Å²) in [6.45, 7) is 4.29. The molecule has 33 heavy (non-hydrogen) atoms. The van der Waals surface area contributed by atoms with E-state index in [1.165, 1.54) is 4.90 Å². The number of aliphatic carboxylic acids is 1. The van der Waals surface area contributed by atoms with Gasteiger partial charge in [0.15, 0.2) is 0 Å². The SMILES string of the molecule is CCC[C@H](NC(=O)OCC1c2ccccc2-c2ccccc21)C(=O)N1CCC(C)C1C(=O)O. The molecule has 0 bridgehead atoms. The summed E-state index contributed by atoms with van der Waals surface area (Å²) in [6.07, 6.45) is 1.05. The van der Waals surface area contributed by atoms with Gasteiger partial charge >= 0.3 is 12.1 Å². The molecule has 1 fully saturated rings. The highest BCUT2D eigenvalue weighted by molar-refractivity contribution is 5.90. The van der Waals surface area contributed by atoms with Crippen LogP contribution in [0.2, 0.25) is 0 Å². The molecule has 0 spiro atoms. The van der Waals surface area contributed by atoms with Crippen LogP contribution in [0.25, 0.3) is 11.1 Å². The van der Waals surface area contributed by atoms with Gasteiger partial charge in [-0.15, -0.1) is 0 Å². The molecule has 2 unspecified atom stereocenters. The summed E-state index contributed by atoms with van der Waals surface area (Å²) < 4.78 is 5.59. The van der Waals surface area contributed by atoms with Crippen molar-refractivity contribution in [2.24, 2.45) is 5.92 Å². The Morgan fingerprint density at radius 3 is 2.27 bits per heavy atom. The van der Waals surface area contributed by atoms with Crippen molar-refractivity contribution in [3.63, 3.8) is 0 Å². The smallest absolute Gasteiger partial charge is 0.407 e. The van der Waals surface area contributed by atoms with E-state index in [1.54, 1.807) is 0 Å². The zero-order valence-electron chi connectivity index (χ0n) is 19.0. The highest BCUT2D eigenvalue weighted by Crippen LogP contribution is 2.44. The minimum atomic E-state index is -1.01. The van der Waals surface area contributed by atoms with Crippen molar-refractivity contribution in [2.75, 3.05) is 13.2 Å². The molecular formula is C26H30N2O5. The maximum Gasteiger partial charge on any atom is 0.407 e. The molecule has 2 aromatic rings. The second-order valence-electron chi connectivity index (χ2n) is 8.89. The van der Waals surface area contributed by atoms with E-state index in [2.05, 4.69) is 17.4 Å². The van der Waals surface area contributed by atoms with Gasteiger partial charge in [0.25, 0.3) is 0 Å². The minimum Gasteiger partial charge on any atom is -0.480 e. The van der Waals surface area contributed by atoms with E-state index in [9.17, 15) is 19.5 Å². The molecule has 2 aliphatic rings. The number of nitrogens with one attached hydrogen (secondary N) is 1. The standard InChI is InChI=1S/C26H30N2O5/c1-3-8-22(24(29)28-14-13-16(2)23(28)25(30)31)27-26(32)33-15-21-19-11-6-4-9-17(19)18-10-5-7-12-20(18)21/h4-7,9-12,16,21-23H,3,8,13-15H2,1-2H3,(H,27,32)(H,30,31)/t16?,22-,23?/m0/s1. The normalized spacial score (nSPS) is 20.1. The Morgan fingerprint density at radius 2 is 1.70 bits per heavy atom. The van der Waals surface area contributed by atoms with Crippen LogP contribution in [-0.4, -0.2) is 53.2 Å². The summed E-state index contributed by atoms with van der Waals surface area (Å²) in [5.41, 5.74) is 4.51. The van der Waals surface area contributed by atoms with Gasteiger partial charge in [-0.3, -0.25) is 4.79 Å². The minimum absolute atomic E-state index is 0.0701. The second-order valence-corrected chi connectivity index (χ2v) is 8.89. The topological polar surface area (TPSA) is 95.9 Å². The van der Waals surface area contributed by atoms with Gasteiger partial charge in [0, 0.05) is 12.5 Å². The fraction of sp³-hybridized carbons (Fsp3) is 0.423. The van der Waals surface area contributed by atoms with Gasteiger partial charge in [-0.2, -0.15) is 0 Å². The van der Waals surface area contributed by atoms with Crippen LogP contribution >= 0.6 is 0 Å². The lowest BCUT2D eigenvalue weighted by molar-refractivity contribution is -0.150. The molecule has 7 heteroatoms. The number of carboxylic acid groups (broad SMARTS) is 1. The van der Waals surface area contributed by atoms with Crippen LogP contribution in [-0.2, 0) is 14.3 Å². The maximum absolute atomic E-state index is 13.1. The Hall–Kier alpha value is -3.35. The van der Waals surface area contributed by atoms with Crippen LogP contribution in [0.5, 0.6) is 0 Å². The summed E-state index contributed by atoms with van der Waals surface area (Å²) >= 11 is 0. The van der Waals surface area contributed by atoms with Crippen molar-refractivity contribution in [1.82, 2.24) is 10.2 Å². The van der Waals surface area contributed by atoms with E-state index in [0.717, 1.165) is 22.3 Å². The molecule has 0 saturated carbocycles. The molecule has 1 aliphatic carbocycles. The Labute approximate surface area is 193 Å². The highest BCUT2D eigenvalue weighted by atomic mass is 16.5. The number of hydrogen-bond donors (Lipinski definition) is 2. The van der Waals surface area contributed by atoms with Crippen molar-refractivity contribution in [3.8, 4) is 11.1 Å². The number of hydrogen-bond acceptors (Lipinski definition) is 4. The number of carbonyl (C=O) groups excluding carboxylic acids is 2. The summed E-state index contributed by atoms with van der Waals surface area (Å²) in [5.74, 6) is -1.56. The first-order valence-corrected chi connectivity index (χ1v) is 11.6. The lowest BCUT2D eigenvalue weighted by Gasteiger charge is -2.28. The third kappa shape index (κ3) is 4.45. The molecule has 1 heterocycles. The van der Waals surface area contributed by atoms with E-state index >= 15 is 0 Å². The average molecular weight is 451 g/mol. The van der Waals surface area contributed by atoms with Gasteiger partial charge in [-0.05, 0) is 41.0 Å². The maximum atomic E-state index is 13.1. The van der Waals surface area contributed by atoms with Crippen LogP contribution in [0.3, 0.4) is 0 Å². The molecule has 2 amide bonds. The van der Waals surface area contributed by atoms with Gasteiger partial charge in [-0.25, -0.2) is 9.59 Å². The number of carbonyl (C=O) groups is 3. The predicted octanol–water partition coefficient (Wildman–Crippen LogP) is 4.02. The zero-order valence-corrected chi connectivity index (χ0v) is 19.0. The first-order chi connectivity index (χ1) is 15.9. The van der Waals surface area contributed by atoms with Crippen molar-refractivity contribution in [2.45, 2.75) is 51.1 Å². The Bertz CT molecular complexity index is 1010. The van der Waals surface area contributed by atoms with Gasteiger partial charge in [0.2, 0.25) is 5.91 Å². The first kappa shape index (κ1) is 22.8. The highest BCUT2D eigenvalue weighted by Gasteiger charge is 2.42. The molecule has 7 nitrogen and oxygen atoms in total. The largest absolute Gasteiger partial charge is 0.480 e. The van der Waals surface area contributed by atoms with Crippen molar-refractivity contribution in [1.29, 1.82) is 0 Å². The lowest BCUT2D eigenvalue weighted by atomic mass is 9.98. The number of carboxylic acids is 1. The summed E-state index contributed by atoms with van der Waals surface area (Å²) in [4.78, 5) is 38.9. The molecule has 1 aliphatic heterocycles. The zero-order chi connectivity index (χ0) is 23.5. The number of rotatable bonds is 7. The van der Waals surface area contributed by atoms with Gasteiger partial charge in [-0.1, -0.05) is 68.8 Å². The van der Waals surface area contributed by atoms with Crippen molar-refractivity contribution in [3.05, 3.63) is 59.7 Å². The predicted molar refractivity (Wildman–Crippen MR) is 124 cm³/mol. The van der Waals surface area contributed by atoms with Gasteiger partial charge in [0.05, 0.1) is 0 Å². The summed E-state index contributed by atoms with van der Waals surface area (Å²) in [5, 5.41) is 12.3. The number of nitrogens with zero attached hydrogens (tertiary/aromatic N) is 1. The molecule has 0 aromatic heterocycles. The van der Waals surface area contributed by atoms with E-state index in [0.29, 0.717) is 25.8 Å². The van der Waals surface area contributed by atoms with Crippen LogP contribution < -0.4 is 5.32 Å². The van der Waals surface area contributed by atoms with Gasteiger partial charge in [0.1, 0.15) is 18.7 Å².